The molecule has 2 N–H and O–H groups in total. The van der Waals surface area contributed by atoms with Crippen molar-refractivity contribution in [1.29, 1.82) is 0 Å². The molecule has 3 aromatic rings. The maximum Gasteiger partial charge on any atom is 0.347 e. The number of rotatable bonds is 4. The first-order valence-corrected chi connectivity index (χ1v) is 8.97. The van der Waals surface area contributed by atoms with E-state index < -0.39 is 5.97 Å². The molecule has 0 bridgehead atoms. The number of anilines is 2. The molecule has 0 saturated carbocycles. The Morgan fingerprint density at radius 3 is 2.86 bits per heavy atom. The monoisotopic (exact) mass is 389 g/mol. The minimum absolute atomic E-state index is 0.0688. The van der Waals surface area contributed by atoms with Crippen LogP contribution < -0.4 is 5.32 Å². The van der Waals surface area contributed by atoms with Crippen molar-refractivity contribution in [3.8, 4) is 5.75 Å². The number of allylic oxidation sites excluding steroid dienone is 1. The van der Waals surface area contributed by atoms with E-state index in [9.17, 15) is 9.90 Å². The predicted octanol–water partition coefficient (Wildman–Crippen LogP) is 4.78. The largest absolute Gasteiger partial charge is 0.504 e. The highest BCUT2D eigenvalue weighted by atomic mass is 16.5. The number of esters is 1. The van der Waals surface area contributed by atoms with Crippen LogP contribution in [0.25, 0.3) is 11.6 Å². The van der Waals surface area contributed by atoms with Crippen molar-refractivity contribution in [2.75, 3.05) is 12.4 Å². The molecule has 146 valence electrons. The Balaban J connectivity index is 1.78. The Labute approximate surface area is 167 Å². The number of pyridine rings is 1. The van der Waals surface area contributed by atoms with Crippen molar-refractivity contribution in [1.82, 2.24) is 4.98 Å². The second-order valence-electron chi connectivity index (χ2n) is 6.69. The zero-order valence-corrected chi connectivity index (χ0v) is 16.2. The molecule has 2 aromatic heterocycles. The first-order chi connectivity index (χ1) is 14.0. The number of nitrogens with one attached hydrogen (secondary N) is 1. The molecule has 0 atom stereocenters. The second kappa shape index (κ2) is 7.27. The van der Waals surface area contributed by atoms with Gasteiger partial charge in [-0.3, -0.25) is 0 Å². The third-order valence-corrected chi connectivity index (χ3v) is 4.64. The van der Waals surface area contributed by atoms with Gasteiger partial charge in [-0.25, -0.2) is 14.8 Å². The highest BCUT2D eigenvalue weighted by molar-refractivity contribution is 6.21. The number of nitrogens with zero attached hydrogens (tertiary/aromatic N) is 2. The van der Waals surface area contributed by atoms with Gasteiger partial charge in [-0.05, 0) is 43.7 Å². The Bertz CT molecular complexity index is 1170. The SMILES string of the molecule is COC(=O)c1c(Nc2ccc(C)cc2C)oc(C=C2C=Nc3ncccc32)c1O. The van der Waals surface area contributed by atoms with Gasteiger partial charge in [0.1, 0.15) is 0 Å². The number of ether oxygens (including phenoxy) is 1. The number of aliphatic imine (C=N–C) groups is 1. The van der Waals surface area contributed by atoms with E-state index in [2.05, 4.69) is 15.3 Å². The lowest BCUT2D eigenvalue weighted by Gasteiger charge is -2.09. The van der Waals surface area contributed by atoms with Crippen molar-refractivity contribution in [3.05, 3.63) is 64.5 Å². The first-order valence-electron chi connectivity index (χ1n) is 8.97. The summed E-state index contributed by atoms with van der Waals surface area (Å²) >= 11 is 0. The van der Waals surface area contributed by atoms with Gasteiger partial charge in [0.2, 0.25) is 5.88 Å². The molecule has 0 unspecified atom stereocenters. The predicted molar refractivity (Wildman–Crippen MR) is 111 cm³/mol. The van der Waals surface area contributed by atoms with Gasteiger partial charge in [-0.1, -0.05) is 17.7 Å². The zero-order chi connectivity index (χ0) is 20.5. The van der Waals surface area contributed by atoms with E-state index >= 15 is 0 Å². The first kappa shape index (κ1) is 18.5. The molecule has 1 aliphatic heterocycles. The Morgan fingerprint density at radius 2 is 2.10 bits per heavy atom. The van der Waals surface area contributed by atoms with E-state index in [-0.39, 0.29) is 23.0 Å². The number of benzene rings is 1. The van der Waals surface area contributed by atoms with Gasteiger partial charge in [-0.2, -0.15) is 0 Å². The summed E-state index contributed by atoms with van der Waals surface area (Å²) in [5, 5.41) is 13.8. The molecule has 7 heteroatoms. The summed E-state index contributed by atoms with van der Waals surface area (Å²) in [5.41, 5.74) is 4.30. The lowest BCUT2D eigenvalue weighted by molar-refractivity contribution is 0.0598. The molecule has 29 heavy (non-hydrogen) atoms. The third-order valence-electron chi connectivity index (χ3n) is 4.64. The molecule has 1 aromatic carbocycles. The number of aryl methyl sites for hydroxylation is 2. The summed E-state index contributed by atoms with van der Waals surface area (Å²) in [5.74, 6) is -0.190. The second-order valence-corrected chi connectivity index (χ2v) is 6.69. The van der Waals surface area contributed by atoms with Gasteiger partial charge in [0, 0.05) is 29.2 Å². The summed E-state index contributed by atoms with van der Waals surface area (Å²) in [6.45, 7) is 3.94. The van der Waals surface area contributed by atoms with E-state index in [1.807, 2.05) is 38.1 Å². The summed E-state index contributed by atoms with van der Waals surface area (Å²) in [6, 6.07) is 9.51. The van der Waals surface area contributed by atoms with Crippen LogP contribution in [0.5, 0.6) is 5.75 Å². The number of hydrogen-bond acceptors (Lipinski definition) is 7. The van der Waals surface area contributed by atoms with Crippen LogP contribution in [-0.4, -0.2) is 29.4 Å². The zero-order valence-electron chi connectivity index (χ0n) is 16.2. The Morgan fingerprint density at radius 1 is 1.28 bits per heavy atom. The minimum Gasteiger partial charge on any atom is -0.504 e. The van der Waals surface area contributed by atoms with E-state index in [1.54, 1.807) is 24.6 Å². The molecule has 4 rings (SSSR count). The average molecular weight is 389 g/mol. The quantitative estimate of drug-likeness (QED) is 0.623. The summed E-state index contributed by atoms with van der Waals surface area (Å²) < 4.78 is 10.6. The average Bonchev–Trinajstić information content (AvgIpc) is 3.25. The van der Waals surface area contributed by atoms with Crippen LogP contribution >= 0.6 is 0 Å². The number of hydrogen-bond donors (Lipinski definition) is 2. The molecule has 0 radical (unpaired) electrons. The van der Waals surface area contributed by atoms with Crippen molar-refractivity contribution in [2.45, 2.75) is 13.8 Å². The van der Waals surface area contributed by atoms with Crippen LogP contribution in [-0.2, 0) is 4.74 Å². The standard InChI is InChI=1S/C22H19N3O4/c1-12-6-7-16(13(2)9-12)25-21-18(22(27)28-3)19(26)17(29-21)10-14-11-24-20-15(14)5-4-8-23-20/h4-11,25-26H,1-3H3. The summed E-state index contributed by atoms with van der Waals surface area (Å²) in [6.07, 6.45) is 4.91. The van der Waals surface area contributed by atoms with Crippen LogP contribution in [0.2, 0.25) is 0 Å². The number of carbonyl (C=O) groups excluding carboxylic acids is 1. The fraction of sp³-hybridized carbons (Fsp3) is 0.136. The van der Waals surface area contributed by atoms with Gasteiger partial charge in [0.25, 0.3) is 0 Å². The lowest BCUT2D eigenvalue weighted by atomic mass is 10.1. The summed E-state index contributed by atoms with van der Waals surface area (Å²) in [7, 11) is 1.25. The van der Waals surface area contributed by atoms with Crippen molar-refractivity contribution in [2.24, 2.45) is 4.99 Å². The van der Waals surface area contributed by atoms with Gasteiger partial charge in [0.15, 0.2) is 22.9 Å². The van der Waals surface area contributed by atoms with Crippen LogP contribution in [0.15, 0.2) is 45.9 Å². The minimum atomic E-state index is -0.703. The molecule has 0 saturated heterocycles. The van der Waals surface area contributed by atoms with E-state index in [1.165, 1.54) is 7.11 Å². The maximum absolute atomic E-state index is 12.3. The van der Waals surface area contributed by atoms with Crippen molar-refractivity contribution < 1.29 is 19.1 Å². The normalized spacial score (nSPS) is 13.6. The third kappa shape index (κ3) is 3.38. The fourth-order valence-electron chi connectivity index (χ4n) is 3.18. The van der Waals surface area contributed by atoms with Gasteiger partial charge >= 0.3 is 5.97 Å². The summed E-state index contributed by atoms with van der Waals surface area (Å²) in [4.78, 5) is 20.7. The molecule has 1 aliphatic rings. The highest BCUT2D eigenvalue weighted by Crippen LogP contribution is 2.39. The molecule has 7 nitrogen and oxygen atoms in total. The fourth-order valence-corrected chi connectivity index (χ4v) is 3.18. The van der Waals surface area contributed by atoms with Gasteiger partial charge in [-0.15, -0.1) is 0 Å². The molecule has 0 spiro atoms. The number of fused-ring (bicyclic) bond motifs is 1. The van der Waals surface area contributed by atoms with Crippen molar-refractivity contribution >= 4 is 41.2 Å². The molecule has 3 heterocycles. The number of furan rings is 1. The smallest absolute Gasteiger partial charge is 0.347 e. The molecule has 0 amide bonds. The van der Waals surface area contributed by atoms with Crippen LogP contribution in [0.1, 0.15) is 32.8 Å². The molecular weight excluding hydrogens is 370 g/mol. The Kier molecular flexibility index (Phi) is 4.64. The molecular formula is C22H19N3O4. The number of methoxy groups -OCH3 is 1. The molecule has 0 aliphatic carbocycles. The van der Waals surface area contributed by atoms with Crippen LogP contribution in [0, 0.1) is 13.8 Å². The Hall–Kier alpha value is -3.87. The van der Waals surface area contributed by atoms with Gasteiger partial charge in [0.05, 0.1) is 7.11 Å². The molecule has 0 fully saturated rings. The number of aromatic hydroxyl groups is 1. The van der Waals surface area contributed by atoms with Gasteiger partial charge < -0.3 is 19.6 Å². The van der Waals surface area contributed by atoms with Crippen LogP contribution in [0.4, 0.5) is 17.4 Å². The van der Waals surface area contributed by atoms with E-state index in [0.717, 1.165) is 22.4 Å². The topological polar surface area (TPSA) is 97.0 Å². The maximum atomic E-state index is 12.3. The van der Waals surface area contributed by atoms with E-state index in [4.69, 9.17) is 9.15 Å². The van der Waals surface area contributed by atoms with Crippen LogP contribution in [0.3, 0.4) is 0 Å². The highest BCUT2D eigenvalue weighted by Gasteiger charge is 2.27. The number of aromatic nitrogens is 1. The van der Waals surface area contributed by atoms with E-state index in [0.29, 0.717) is 11.4 Å². The lowest BCUT2D eigenvalue weighted by Crippen LogP contribution is -2.04. The van der Waals surface area contributed by atoms with Crippen molar-refractivity contribution in [3.63, 3.8) is 0 Å². The number of carbonyl (C=O) groups is 1.